The first-order valence-electron chi connectivity index (χ1n) is 12.4. The van der Waals surface area contributed by atoms with Gasteiger partial charge in [0.2, 0.25) is 0 Å². The molecule has 40 heavy (non-hydrogen) atoms. The Kier molecular flexibility index (Phi) is 10.2. The van der Waals surface area contributed by atoms with Crippen LogP contribution in [0.2, 0.25) is 0 Å². The number of amides is 2. The van der Waals surface area contributed by atoms with Crippen molar-refractivity contribution in [1.29, 1.82) is 0 Å². The van der Waals surface area contributed by atoms with E-state index in [1.165, 1.54) is 34.6 Å². The van der Waals surface area contributed by atoms with E-state index in [1.54, 1.807) is 5.32 Å². The van der Waals surface area contributed by atoms with Crippen molar-refractivity contribution in [2.45, 2.75) is 38.9 Å². The van der Waals surface area contributed by atoms with Crippen LogP contribution in [0.4, 0.5) is 17.6 Å². The molecule has 0 aliphatic heterocycles. The monoisotopic (exact) mass is 565 g/mol. The number of carbonyl (C=O) groups is 2. The molecule has 0 aliphatic carbocycles. The van der Waals surface area contributed by atoms with Gasteiger partial charge < -0.3 is 20.1 Å². The maximum atomic E-state index is 12.7. The third kappa shape index (κ3) is 9.04. The van der Waals surface area contributed by atoms with Crippen LogP contribution in [0.3, 0.4) is 0 Å². The highest BCUT2D eigenvalue weighted by Crippen LogP contribution is 2.25. The smallest absolute Gasteiger partial charge is 0.405 e. The summed E-state index contributed by atoms with van der Waals surface area (Å²) in [6.45, 7) is 4.28. The van der Waals surface area contributed by atoms with Gasteiger partial charge in [0.15, 0.2) is 5.69 Å². The number of aromatic nitrogens is 3. The standard InChI is InChI=1S/C27H31F4N5O4/c1-26(2,3)20-7-4-18(5-8-20)15-32-25(38)21-16-36(35-34-21)22-9-6-19(24(37)33-17-27(29,30)31)14-23(22)40-13-12-39-11-10-28/h4-9,14,16H,10-13,15,17H2,1-3H3,(H,32,38)(H,33,37). The average Bonchev–Trinajstić information content (AvgIpc) is 3.40. The lowest BCUT2D eigenvalue weighted by Gasteiger charge is -2.19. The molecule has 216 valence electrons. The van der Waals surface area contributed by atoms with Crippen LogP contribution in [-0.4, -0.2) is 66.0 Å². The van der Waals surface area contributed by atoms with Gasteiger partial charge in [-0.15, -0.1) is 5.10 Å². The first-order chi connectivity index (χ1) is 18.9. The number of halogens is 4. The fourth-order valence-electron chi connectivity index (χ4n) is 3.49. The number of benzene rings is 2. The molecule has 0 saturated carbocycles. The Bertz CT molecular complexity index is 1290. The van der Waals surface area contributed by atoms with E-state index in [-0.39, 0.29) is 54.5 Å². The van der Waals surface area contributed by atoms with E-state index in [0.29, 0.717) is 0 Å². The normalized spacial score (nSPS) is 11.8. The van der Waals surface area contributed by atoms with Crippen molar-refractivity contribution in [3.8, 4) is 11.4 Å². The molecule has 2 aromatic carbocycles. The molecule has 9 nitrogen and oxygen atoms in total. The number of nitrogens with one attached hydrogen (secondary N) is 2. The fourth-order valence-corrected chi connectivity index (χ4v) is 3.49. The number of hydrogen-bond acceptors (Lipinski definition) is 6. The Morgan fingerprint density at radius 1 is 0.950 bits per heavy atom. The van der Waals surface area contributed by atoms with E-state index >= 15 is 0 Å². The van der Waals surface area contributed by atoms with E-state index in [0.717, 1.165) is 5.56 Å². The third-order valence-electron chi connectivity index (χ3n) is 5.62. The highest BCUT2D eigenvalue weighted by Gasteiger charge is 2.28. The van der Waals surface area contributed by atoms with Crippen molar-refractivity contribution in [2.24, 2.45) is 0 Å². The molecular formula is C27H31F4N5O4. The third-order valence-corrected chi connectivity index (χ3v) is 5.62. The van der Waals surface area contributed by atoms with E-state index in [1.807, 2.05) is 24.3 Å². The number of hydrogen-bond donors (Lipinski definition) is 2. The van der Waals surface area contributed by atoms with Gasteiger partial charge in [-0.05, 0) is 34.7 Å². The summed E-state index contributed by atoms with van der Waals surface area (Å²) >= 11 is 0. The molecule has 0 bridgehead atoms. The number of carbonyl (C=O) groups excluding carboxylic acids is 2. The van der Waals surface area contributed by atoms with Crippen LogP contribution in [0, 0.1) is 0 Å². The van der Waals surface area contributed by atoms with Gasteiger partial charge in [-0.25, -0.2) is 9.07 Å². The van der Waals surface area contributed by atoms with Gasteiger partial charge in [0, 0.05) is 12.1 Å². The SMILES string of the molecule is CC(C)(C)c1ccc(CNC(=O)c2cn(-c3ccc(C(=O)NCC(F)(F)F)cc3OCCOCCF)nn2)cc1. The largest absolute Gasteiger partial charge is 0.489 e. The zero-order valence-corrected chi connectivity index (χ0v) is 22.3. The van der Waals surface area contributed by atoms with Gasteiger partial charge in [-0.1, -0.05) is 50.3 Å². The quantitative estimate of drug-likeness (QED) is 0.252. The summed E-state index contributed by atoms with van der Waals surface area (Å²) in [6, 6.07) is 11.8. The van der Waals surface area contributed by atoms with Gasteiger partial charge in [-0.2, -0.15) is 13.2 Å². The van der Waals surface area contributed by atoms with Crippen molar-refractivity contribution in [2.75, 3.05) is 33.0 Å². The number of alkyl halides is 4. The highest BCUT2D eigenvalue weighted by atomic mass is 19.4. The van der Waals surface area contributed by atoms with Crippen molar-refractivity contribution in [3.63, 3.8) is 0 Å². The van der Waals surface area contributed by atoms with Crippen molar-refractivity contribution >= 4 is 11.8 Å². The summed E-state index contributed by atoms with van der Waals surface area (Å²) in [4.78, 5) is 24.9. The predicted molar refractivity (Wildman–Crippen MR) is 138 cm³/mol. The molecule has 0 unspecified atom stereocenters. The minimum Gasteiger partial charge on any atom is -0.489 e. The summed E-state index contributed by atoms with van der Waals surface area (Å²) in [7, 11) is 0. The molecule has 0 spiro atoms. The Morgan fingerprint density at radius 2 is 1.68 bits per heavy atom. The molecular weight excluding hydrogens is 534 g/mol. The van der Waals surface area contributed by atoms with Gasteiger partial charge in [0.25, 0.3) is 11.8 Å². The van der Waals surface area contributed by atoms with Gasteiger partial charge in [-0.3, -0.25) is 9.59 Å². The molecule has 0 radical (unpaired) electrons. The fraction of sp³-hybridized carbons (Fsp3) is 0.407. The van der Waals surface area contributed by atoms with Crippen LogP contribution in [0.25, 0.3) is 5.69 Å². The van der Waals surface area contributed by atoms with E-state index in [2.05, 4.69) is 36.4 Å². The van der Waals surface area contributed by atoms with E-state index in [9.17, 15) is 27.2 Å². The Labute approximate surface area is 228 Å². The molecule has 0 saturated heterocycles. The van der Waals surface area contributed by atoms with Crippen LogP contribution in [-0.2, 0) is 16.7 Å². The van der Waals surface area contributed by atoms with Crippen LogP contribution < -0.4 is 15.4 Å². The lowest BCUT2D eigenvalue weighted by Crippen LogP contribution is -2.33. The molecule has 1 heterocycles. The molecule has 0 atom stereocenters. The predicted octanol–water partition coefficient (Wildman–Crippen LogP) is 4.15. The van der Waals surface area contributed by atoms with Crippen molar-refractivity contribution < 1.29 is 36.6 Å². The molecule has 0 aliphatic rings. The zero-order valence-electron chi connectivity index (χ0n) is 22.3. The van der Waals surface area contributed by atoms with E-state index in [4.69, 9.17) is 9.47 Å². The molecule has 1 aromatic heterocycles. The average molecular weight is 566 g/mol. The van der Waals surface area contributed by atoms with Crippen LogP contribution in [0.15, 0.2) is 48.7 Å². The molecule has 3 aromatic rings. The minimum atomic E-state index is -4.57. The topological polar surface area (TPSA) is 107 Å². The molecule has 0 fully saturated rings. The maximum absolute atomic E-state index is 12.7. The molecule has 3 rings (SSSR count). The Hall–Kier alpha value is -4.00. The van der Waals surface area contributed by atoms with Crippen molar-refractivity contribution in [1.82, 2.24) is 25.6 Å². The van der Waals surface area contributed by atoms with E-state index < -0.39 is 31.2 Å². The van der Waals surface area contributed by atoms with Crippen molar-refractivity contribution in [3.05, 3.63) is 71.0 Å². The van der Waals surface area contributed by atoms with Crippen LogP contribution in [0.5, 0.6) is 5.75 Å². The first kappa shape index (κ1) is 30.5. The number of ether oxygens (including phenoxy) is 2. The van der Waals surface area contributed by atoms with Gasteiger partial charge >= 0.3 is 6.18 Å². The lowest BCUT2D eigenvalue weighted by atomic mass is 9.87. The highest BCUT2D eigenvalue weighted by molar-refractivity contribution is 5.95. The van der Waals surface area contributed by atoms with Crippen LogP contribution in [0.1, 0.15) is 52.7 Å². The summed E-state index contributed by atoms with van der Waals surface area (Å²) in [5.41, 5.74) is 2.26. The lowest BCUT2D eigenvalue weighted by molar-refractivity contribution is -0.123. The number of nitrogens with zero attached hydrogens (tertiary/aromatic N) is 3. The Morgan fingerprint density at radius 3 is 2.33 bits per heavy atom. The first-order valence-corrected chi connectivity index (χ1v) is 12.4. The minimum absolute atomic E-state index is 0.00925. The van der Waals surface area contributed by atoms with Gasteiger partial charge in [0.05, 0.1) is 19.4 Å². The number of rotatable bonds is 12. The second kappa shape index (κ2) is 13.4. The molecule has 2 N–H and O–H groups in total. The summed E-state index contributed by atoms with van der Waals surface area (Å²) < 4.78 is 61.7. The molecule has 13 heteroatoms. The summed E-state index contributed by atoms with van der Waals surface area (Å²) in [5.74, 6) is -1.37. The van der Waals surface area contributed by atoms with Crippen LogP contribution >= 0.6 is 0 Å². The summed E-state index contributed by atoms with van der Waals surface area (Å²) in [5, 5.41) is 12.4. The maximum Gasteiger partial charge on any atom is 0.405 e. The zero-order chi connectivity index (χ0) is 29.3. The summed E-state index contributed by atoms with van der Waals surface area (Å²) in [6.07, 6.45) is -3.22. The second-order valence-corrected chi connectivity index (χ2v) is 9.81. The Balaban J connectivity index is 1.73. The molecule has 2 amide bonds. The van der Waals surface area contributed by atoms with Gasteiger partial charge in [0.1, 0.15) is 31.3 Å². The second-order valence-electron chi connectivity index (χ2n) is 9.81.